The summed E-state index contributed by atoms with van der Waals surface area (Å²) in [5.74, 6) is -0.284. The minimum atomic E-state index is -2.62. The van der Waals surface area contributed by atoms with Crippen LogP contribution in [0, 0.1) is 0 Å². The Kier molecular flexibility index (Phi) is 22.6. The molecule has 0 aromatic rings. The fourth-order valence-corrected chi connectivity index (χ4v) is 6.25. The van der Waals surface area contributed by atoms with Crippen LogP contribution in [-0.2, 0) is 22.8 Å². The van der Waals surface area contributed by atoms with Gasteiger partial charge in [0.05, 0.1) is 6.61 Å². The molecule has 0 N–H and O–H groups in total. The molecule has 0 saturated heterocycles. The molecular formula is C27H54O5Si. The summed E-state index contributed by atoms with van der Waals surface area (Å²) < 4.78 is 24.5. The predicted molar refractivity (Wildman–Crippen MR) is 140 cm³/mol. The zero-order valence-electron chi connectivity index (χ0n) is 22.4. The zero-order valence-corrected chi connectivity index (χ0v) is 23.4. The van der Waals surface area contributed by atoms with Crippen LogP contribution in [0.5, 0.6) is 0 Å². The van der Waals surface area contributed by atoms with Crippen LogP contribution >= 0.6 is 0 Å². The van der Waals surface area contributed by atoms with Crippen LogP contribution in [0.2, 0.25) is 6.04 Å². The third-order valence-corrected chi connectivity index (χ3v) is 8.57. The average molecular weight is 487 g/mol. The summed E-state index contributed by atoms with van der Waals surface area (Å²) in [7, 11) is -2.62. The summed E-state index contributed by atoms with van der Waals surface area (Å²) in [6.07, 6.45) is 17.0. The molecule has 0 spiro atoms. The van der Waals surface area contributed by atoms with Gasteiger partial charge in [-0.2, -0.15) is 0 Å². The molecule has 0 fully saturated rings. The van der Waals surface area contributed by atoms with Gasteiger partial charge in [0.1, 0.15) is 0 Å². The van der Waals surface area contributed by atoms with Gasteiger partial charge >= 0.3 is 14.8 Å². The third-order valence-electron chi connectivity index (χ3n) is 5.67. The Morgan fingerprint density at radius 2 is 1.00 bits per heavy atom. The molecule has 33 heavy (non-hydrogen) atoms. The standard InChI is InChI=1S/C27H54O5Si/c1-6-9-16-22-30-33(31-23-17-10-7-2,32-24-18-11-8-3)25-20-15-13-12-14-19-21-29-27(28)26(4)5/h4,6-25H2,1-3,5H3. The second-order valence-electron chi connectivity index (χ2n) is 9.14. The van der Waals surface area contributed by atoms with Crippen molar-refractivity contribution in [3.63, 3.8) is 0 Å². The first-order chi connectivity index (χ1) is 16.0. The molecule has 196 valence electrons. The summed E-state index contributed by atoms with van der Waals surface area (Å²) in [6, 6.07) is 0.924. The van der Waals surface area contributed by atoms with E-state index in [0.29, 0.717) is 12.2 Å². The molecule has 0 bridgehead atoms. The van der Waals surface area contributed by atoms with E-state index < -0.39 is 8.80 Å². The highest BCUT2D eigenvalue weighted by Gasteiger charge is 2.40. The van der Waals surface area contributed by atoms with Crippen molar-refractivity contribution < 1.29 is 22.8 Å². The van der Waals surface area contributed by atoms with Crippen molar-refractivity contribution in [3.05, 3.63) is 12.2 Å². The number of esters is 1. The summed E-state index contributed by atoms with van der Waals surface area (Å²) in [4.78, 5) is 11.4. The maximum Gasteiger partial charge on any atom is 0.500 e. The number of unbranched alkanes of at least 4 members (excludes halogenated alkanes) is 11. The molecule has 0 radical (unpaired) electrons. The second-order valence-corrected chi connectivity index (χ2v) is 11.9. The van der Waals surface area contributed by atoms with Crippen LogP contribution in [0.25, 0.3) is 0 Å². The molecule has 0 heterocycles. The monoisotopic (exact) mass is 486 g/mol. The lowest BCUT2D eigenvalue weighted by Crippen LogP contribution is -2.46. The van der Waals surface area contributed by atoms with Gasteiger partial charge in [-0.15, -0.1) is 0 Å². The van der Waals surface area contributed by atoms with Crippen molar-refractivity contribution >= 4 is 14.8 Å². The first-order valence-corrected chi connectivity index (χ1v) is 15.7. The molecule has 0 aromatic heterocycles. The van der Waals surface area contributed by atoms with Crippen LogP contribution in [-0.4, -0.2) is 41.2 Å². The summed E-state index contributed by atoms with van der Waals surface area (Å²) in [6.45, 7) is 14.7. The van der Waals surface area contributed by atoms with Crippen LogP contribution in [0.3, 0.4) is 0 Å². The number of carbonyl (C=O) groups is 1. The van der Waals surface area contributed by atoms with Crippen molar-refractivity contribution in [2.75, 3.05) is 26.4 Å². The molecule has 0 aromatic carbocycles. The first-order valence-electron chi connectivity index (χ1n) is 13.8. The van der Waals surface area contributed by atoms with E-state index in [-0.39, 0.29) is 5.97 Å². The Bertz CT molecular complexity index is 438. The van der Waals surface area contributed by atoms with E-state index in [9.17, 15) is 4.79 Å². The molecule has 0 saturated carbocycles. The van der Waals surface area contributed by atoms with Gasteiger partial charge in [0.25, 0.3) is 0 Å². The van der Waals surface area contributed by atoms with E-state index in [4.69, 9.17) is 18.0 Å². The average Bonchev–Trinajstić information content (AvgIpc) is 2.81. The lowest BCUT2D eigenvalue weighted by Gasteiger charge is -2.30. The summed E-state index contributed by atoms with van der Waals surface area (Å²) in [5, 5.41) is 0. The van der Waals surface area contributed by atoms with E-state index in [0.717, 1.165) is 77.2 Å². The van der Waals surface area contributed by atoms with Crippen molar-refractivity contribution in [1.29, 1.82) is 0 Å². The number of rotatable bonds is 25. The molecule has 0 aliphatic carbocycles. The van der Waals surface area contributed by atoms with Crippen molar-refractivity contribution in [2.45, 2.75) is 130 Å². The van der Waals surface area contributed by atoms with Crippen LogP contribution < -0.4 is 0 Å². The van der Waals surface area contributed by atoms with Crippen molar-refractivity contribution in [2.24, 2.45) is 0 Å². The molecule has 5 nitrogen and oxygen atoms in total. The van der Waals surface area contributed by atoms with Gasteiger partial charge in [0.2, 0.25) is 0 Å². The van der Waals surface area contributed by atoms with Gasteiger partial charge in [-0.05, 0) is 39.0 Å². The fourth-order valence-electron chi connectivity index (χ4n) is 3.52. The molecule has 0 aliphatic rings. The Balaban J connectivity index is 4.47. The molecule has 0 amide bonds. The Labute approximate surface area is 206 Å². The van der Waals surface area contributed by atoms with E-state index in [1.807, 2.05) is 0 Å². The number of hydrogen-bond acceptors (Lipinski definition) is 5. The van der Waals surface area contributed by atoms with E-state index in [1.165, 1.54) is 44.9 Å². The smallest absolute Gasteiger partial charge is 0.462 e. The van der Waals surface area contributed by atoms with Crippen molar-refractivity contribution in [1.82, 2.24) is 0 Å². The molecule has 0 aliphatic heterocycles. The topological polar surface area (TPSA) is 54.0 Å². The summed E-state index contributed by atoms with van der Waals surface area (Å²) >= 11 is 0. The van der Waals surface area contributed by atoms with Crippen LogP contribution in [0.15, 0.2) is 12.2 Å². The number of hydrogen-bond donors (Lipinski definition) is 0. The van der Waals surface area contributed by atoms with E-state index in [2.05, 4.69) is 27.4 Å². The van der Waals surface area contributed by atoms with Crippen molar-refractivity contribution in [3.8, 4) is 0 Å². The first kappa shape index (κ1) is 32.3. The van der Waals surface area contributed by atoms with Gasteiger partial charge in [-0.3, -0.25) is 0 Å². The maximum atomic E-state index is 11.4. The molecular weight excluding hydrogens is 432 g/mol. The molecule has 0 unspecified atom stereocenters. The van der Waals surface area contributed by atoms with Crippen LogP contribution in [0.1, 0.15) is 124 Å². The van der Waals surface area contributed by atoms with Gasteiger partial charge < -0.3 is 18.0 Å². The van der Waals surface area contributed by atoms with Crippen LogP contribution in [0.4, 0.5) is 0 Å². The highest BCUT2D eigenvalue weighted by molar-refractivity contribution is 6.60. The van der Waals surface area contributed by atoms with Gasteiger partial charge in [0, 0.05) is 31.4 Å². The van der Waals surface area contributed by atoms with Gasteiger partial charge in [-0.1, -0.05) is 91.6 Å². The minimum Gasteiger partial charge on any atom is -0.462 e. The SMILES string of the molecule is C=C(C)C(=O)OCCCCCCCC[Si](OCCCCC)(OCCCCC)OCCCCC. The van der Waals surface area contributed by atoms with Gasteiger partial charge in [0.15, 0.2) is 0 Å². The normalized spacial score (nSPS) is 11.6. The van der Waals surface area contributed by atoms with E-state index in [1.54, 1.807) is 6.92 Å². The largest absolute Gasteiger partial charge is 0.500 e. The number of carbonyl (C=O) groups excluding carboxylic acids is 1. The Morgan fingerprint density at radius 3 is 1.42 bits per heavy atom. The minimum absolute atomic E-state index is 0.284. The maximum absolute atomic E-state index is 11.4. The number of ether oxygens (including phenoxy) is 1. The Morgan fingerprint density at radius 1 is 0.606 bits per heavy atom. The van der Waals surface area contributed by atoms with E-state index >= 15 is 0 Å². The highest BCUT2D eigenvalue weighted by Crippen LogP contribution is 2.23. The summed E-state index contributed by atoms with van der Waals surface area (Å²) in [5.41, 5.74) is 0.466. The lowest BCUT2D eigenvalue weighted by molar-refractivity contribution is -0.139. The predicted octanol–water partition coefficient (Wildman–Crippen LogP) is 8.01. The quantitative estimate of drug-likeness (QED) is 0.0566. The van der Waals surface area contributed by atoms with Gasteiger partial charge in [-0.25, -0.2) is 4.79 Å². The molecule has 0 rings (SSSR count). The molecule has 0 atom stereocenters. The zero-order chi connectivity index (χ0) is 24.6. The highest BCUT2D eigenvalue weighted by atomic mass is 28.4. The fraction of sp³-hybridized carbons (Fsp3) is 0.889. The Hall–Kier alpha value is -0.693. The second kappa shape index (κ2) is 23.1. The lowest BCUT2D eigenvalue weighted by atomic mass is 10.1. The molecule has 6 heteroatoms. The third kappa shape index (κ3) is 19.3.